The quantitative estimate of drug-likeness (QED) is 0.836. The van der Waals surface area contributed by atoms with Crippen molar-refractivity contribution in [1.29, 1.82) is 0 Å². The van der Waals surface area contributed by atoms with Crippen molar-refractivity contribution in [3.05, 3.63) is 38.8 Å². The van der Waals surface area contributed by atoms with Crippen LogP contribution in [0.3, 0.4) is 0 Å². The molecule has 0 aliphatic heterocycles. The van der Waals surface area contributed by atoms with Gasteiger partial charge in [-0.25, -0.2) is 0 Å². The summed E-state index contributed by atoms with van der Waals surface area (Å²) < 4.78 is 2.00. The Bertz CT molecular complexity index is 612. The Morgan fingerprint density at radius 3 is 2.45 bits per heavy atom. The monoisotopic (exact) mass is 354 g/mol. The minimum Gasteiger partial charge on any atom is -1.00 e. The maximum Gasteiger partial charge on any atom is 0.219 e. The van der Waals surface area contributed by atoms with Gasteiger partial charge in [0.05, 0.1) is 12.6 Å². The normalized spacial score (nSPS) is 10.8. The molecule has 1 heterocycles. The fourth-order valence-electron chi connectivity index (χ4n) is 2.04. The number of aryl methyl sites for hydroxylation is 4. The Morgan fingerprint density at radius 2 is 1.90 bits per heavy atom. The molecule has 0 bridgehead atoms. The minimum absolute atomic E-state index is 0. The van der Waals surface area contributed by atoms with Crippen LogP contribution in [0, 0.1) is 20.8 Å². The zero-order chi connectivity index (χ0) is 14.0. The molecule has 0 unspecified atom stereocenters. The zero-order valence-electron chi connectivity index (χ0n) is 12.1. The molecule has 1 aromatic carbocycles. The summed E-state index contributed by atoms with van der Waals surface area (Å²) in [5.41, 5.74) is 2.91. The second kappa shape index (κ2) is 6.99. The van der Waals surface area contributed by atoms with Gasteiger partial charge in [0.1, 0.15) is 5.75 Å². The summed E-state index contributed by atoms with van der Waals surface area (Å²) in [6, 6.07) is 3.98. The molecule has 0 saturated carbocycles. The van der Waals surface area contributed by atoms with Crippen LogP contribution in [-0.4, -0.2) is 14.9 Å². The Labute approximate surface area is 134 Å². The van der Waals surface area contributed by atoms with Gasteiger partial charge >= 0.3 is 0 Å². The molecule has 0 amide bonds. The van der Waals surface area contributed by atoms with E-state index < -0.39 is 0 Å². The lowest BCUT2D eigenvalue weighted by molar-refractivity contribution is -0.00000497. The average Bonchev–Trinajstić information content (AvgIpc) is 2.73. The first-order valence-electron chi connectivity index (χ1n) is 6.37. The highest BCUT2D eigenvalue weighted by molar-refractivity contribution is 7.12. The minimum atomic E-state index is 0. The largest absolute Gasteiger partial charge is 1.00 e. The van der Waals surface area contributed by atoms with Crippen molar-refractivity contribution in [2.45, 2.75) is 34.2 Å². The molecule has 5 heteroatoms. The van der Waals surface area contributed by atoms with Crippen LogP contribution in [0.2, 0.25) is 0 Å². The van der Waals surface area contributed by atoms with E-state index in [-0.39, 0.29) is 17.0 Å². The van der Waals surface area contributed by atoms with Gasteiger partial charge in [0, 0.05) is 29.9 Å². The molecule has 0 aliphatic rings. The lowest BCUT2D eigenvalue weighted by Gasteiger charge is -2.02. The highest BCUT2D eigenvalue weighted by Gasteiger charge is 2.10. The predicted molar refractivity (Wildman–Crippen MR) is 81.4 cm³/mol. The van der Waals surface area contributed by atoms with Gasteiger partial charge in [0.25, 0.3) is 0 Å². The van der Waals surface area contributed by atoms with Crippen molar-refractivity contribution >= 4 is 23.5 Å². The number of phenols is 1. The summed E-state index contributed by atoms with van der Waals surface area (Å²) in [4.78, 5) is 0. The van der Waals surface area contributed by atoms with Crippen LogP contribution in [0.4, 0.5) is 0 Å². The number of aromatic hydroxyl groups is 1. The van der Waals surface area contributed by atoms with Crippen molar-refractivity contribution in [1.82, 2.24) is 9.78 Å². The number of hydrogen-bond donors (Lipinski definition) is 1. The molecule has 20 heavy (non-hydrogen) atoms. The van der Waals surface area contributed by atoms with E-state index in [0.29, 0.717) is 5.75 Å². The van der Waals surface area contributed by atoms with Crippen LogP contribution in [0.1, 0.15) is 33.6 Å². The first-order chi connectivity index (χ1) is 9.01. The number of aromatic nitrogens is 2. The van der Waals surface area contributed by atoms with Crippen molar-refractivity contribution in [3.8, 4) is 5.75 Å². The van der Waals surface area contributed by atoms with Crippen LogP contribution in [-0.2, 0) is 6.54 Å². The standard InChI is InChI=1S/C15H18N2OS.BrH/c1-5-17-14(19-12(4)16-17)7-6-13-8-10(2)15(18)11(3)9-13;/h6-9H,5H2,1-4H3;1H. The Hall–Kier alpha value is -1.20. The van der Waals surface area contributed by atoms with Crippen molar-refractivity contribution in [2.24, 2.45) is 0 Å². The topological polar surface area (TPSA) is 38.0 Å². The van der Waals surface area contributed by atoms with Gasteiger partial charge in [0.2, 0.25) is 10.0 Å². The number of halogens is 1. The second-order valence-electron chi connectivity index (χ2n) is 4.61. The lowest BCUT2D eigenvalue weighted by atomic mass is 10.1. The molecule has 0 spiro atoms. The summed E-state index contributed by atoms with van der Waals surface area (Å²) in [7, 11) is 0. The molecular weight excluding hydrogens is 336 g/mol. The second-order valence-corrected chi connectivity index (χ2v) is 5.82. The van der Waals surface area contributed by atoms with Crippen molar-refractivity contribution in [3.63, 3.8) is 0 Å². The molecule has 0 fully saturated rings. The summed E-state index contributed by atoms with van der Waals surface area (Å²) in [6.07, 6.45) is 4.15. The molecule has 1 N–H and O–H groups in total. The van der Waals surface area contributed by atoms with Crippen molar-refractivity contribution < 1.29 is 22.1 Å². The van der Waals surface area contributed by atoms with Gasteiger partial charge in [-0.15, -0.1) is 0 Å². The molecule has 108 valence electrons. The third kappa shape index (κ3) is 3.67. The van der Waals surface area contributed by atoms with Crippen LogP contribution in [0.15, 0.2) is 12.1 Å². The fraction of sp³-hybridized carbons (Fsp3) is 0.333. The molecular formula is C15H19BrN2OS. The van der Waals surface area contributed by atoms with Crippen LogP contribution in [0.5, 0.6) is 5.75 Å². The van der Waals surface area contributed by atoms with Gasteiger partial charge in [-0.1, -0.05) is 5.10 Å². The van der Waals surface area contributed by atoms with E-state index in [1.165, 1.54) is 0 Å². The van der Waals surface area contributed by atoms with E-state index in [1.54, 1.807) is 11.3 Å². The number of hydrogen-bond acceptors (Lipinski definition) is 3. The third-order valence-corrected chi connectivity index (χ3v) is 3.93. The Balaban J connectivity index is 0.00000200. The SMILES string of the molecule is CCn1nc(C)s[c+]1C=Cc1cc(C)c(O)c(C)c1.[Br-]. The van der Waals surface area contributed by atoms with E-state index in [2.05, 4.69) is 24.2 Å². The molecule has 2 aromatic rings. The molecule has 0 saturated heterocycles. The average molecular weight is 355 g/mol. The summed E-state index contributed by atoms with van der Waals surface area (Å²) in [5, 5.41) is 16.4. The molecule has 0 atom stereocenters. The number of rotatable bonds is 3. The van der Waals surface area contributed by atoms with Gasteiger partial charge < -0.3 is 22.1 Å². The van der Waals surface area contributed by atoms with Crippen LogP contribution < -0.4 is 17.0 Å². The number of phenolic OH excluding ortho intramolecular Hbond substituents is 1. The van der Waals surface area contributed by atoms with E-state index in [4.69, 9.17) is 0 Å². The molecule has 1 aromatic heterocycles. The van der Waals surface area contributed by atoms with E-state index in [9.17, 15) is 5.11 Å². The van der Waals surface area contributed by atoms with Gasteiger partial charge in [-0.3, -0.25) is 0 Å². The smallest absolute Gasteiger partial charge is 0.219 e. The highest BCUT2D eigenvalue weighted by atomic mass is 79.9. The highest BCUT2D eigenvalue weighted by Crippen LogP contribution is 2.24. The van der Waals surface area contributed by atoms with Gasteiger partial charge in [-0.2, -0.15) is 4.68 Å². The van der Waals surface area contributed by atoms with Crippen LogP contribution >= 0.6 is 11.3 Å². The van der Waals surface area contributed by atoms with Gasteiger partial charge in [-0.05, 0) is 44.0 Å². The van der Waals surface area contributed by atoms with E-state index in [1.807, 2.05) is 37.6 Å². The first-order valence-corrected chi connectivity index (χ1v) is 7.18. The van der Waals surface area contributed by atoms with Gasteiger partial charge in [0.15, 0.2) is 0 Å². The Kier molecular flexibility index (Phi) is 5.89. The maximum absolute atomic E-state index is 9.77. The number of nitrogens with zero attached hydrogens (tertiary/aromatic N) is 2. The van der Waals surface area contributed by atoms with Crippen LogP contribution in [0.25, 0.3) is 12.2 Å². The third-order valence-electron chi connectivity index (χ3n) is 3.00. The summed E-state index contributed by atoms with van der Waals surface area (Å²) in [5.74, 6) is 0.384. The van der Waals surface area contributed by atoms with Crippen molar-refractivity contribution in [2.75, 3.05) is 0 Å². The first kappa shape index (κ1) is 16.9. The van der Waals surface area contributed by atoms with E-state index in [0.717, 1.165) is 33.3 Å². The predicted octanol–water partition coefficient (Wildman–Crippen LogP) is 1.05. The summed E-state index contributed by atoms with van der Waals surface area (Å²) >= 11 is 1.69. The maximum atomic E-state index is 9.77. The van der Waals surface area contributed by atoms with E-state index >= 15 is 0 Å². The molecule has 0 aliphatic carbocycles. The summed E-state index contributed by atoms with van der Waals surface area (Å²) in [6.45, 7) is 8.82. The fourth-order valence-corrected chi connectivity index (χ4v) is 2.90. The molecule has 0 radical (unpaired) electrons. The lowest BCUT2D eigenvalue weighted by Crippen LogP contribution is -3.00. The number of benzene rings is 1. The zero-order valence-corrected chi connectivity index (χ0v) is 14.5. The molecule has 3 nitrogen and oxygen atoms in total. The molecule has 2 rings (SSSR count). The Morgan fingerprint density at radius 1 is 1.30 bits per heavy atom.